The molecule has 9 heteroatoms. The Bertz CT molecular complexity index is 1240. The van der Waals surface area contributed by atoms with E-state index in [0.717, 1.165) is 11.6 Å². The molecular formula is C22H14F3NO4S. The standard InChI is InChI=1S/C22H14F3NO4S/c23-22(24,25)19-6-5-12(31-19)9-26-15-4-2-1-3-13(15)21(20(26)27)10-28-16-8-18-17(7-14(16)21)29-11-30-18/h1-8H,9-11H2. The van der Waals surface area contributed by atoms with E-state index in [9.17, 15) is 18.0 Å². The summed E-state index contributed by atoms with van der Waals surface area (Å²) in [4.78, 5) is 15.1. The number of nitrogens with zero attached hydrogens (tertiary/aromatic N) is 1. The smallest absolute Gasteiger partial charge is 0.425 e. The molecule has 1 aromatic heterocycles. The molecule has 6 rings (SSSR count). The largest absolute Gasteiger partial charge is 0.491 e. The highest BCUT2D eigenvalue weighted by atomic mass is 32.1. The van der Waals surface area contributed by atoms with Gasteiger partial charge < -0.3 is 19.1 Å². The van der Waals surface area contributed by atoms with Gasteiger partial charge in [-0.2, -0.15) is 13.2 Å². The van der Waals surface area contributed by atoms with E-state index in [-0.39, 0.29) is 25.9 Å². The molecule has 158 valence electrons. The first-order valence-electron chi connectivity index (χ1n) is 9.52. The zero-order valence-electron chi connectivity index (χ0n) is 15.9. The van der Waals surface area contributed by atoms with Crippen molar-refractivity contribution in [2.45, 2.75) is 18.1 Å². The van der Waals surface area contributed by atoms with Crippen LogP contribution in [0.25, 0.3) is 0 Å². The number of carbonyl (C=O) groups excluding carboxylic acids is 1. The Balaban J connectivity index is 1.44. The second kappa shape index (κ2) is 6.16. The van der Waals surface area contributed by atoms with Crippen molar-refractivity contribution in [3.05, 3.63) is 69.4 Å². The predicted octanol–water partition coefficient (Wildman–Crippen LogP) is 4.72. The van der Waals surface area contributed by atoms with Crippen LogP contribution in [0.3, 0.4) is 0 Å². The lowest BCUT2D eigenvalue weighted by molar-refractivity contribution is -0.134. The normalized spacial score (nSPS) is 20.9. The maximum Gasteiger partial charge on any atom is 0.425 e. The summed E-state index contributed by atoms with van der Waals surface area (Å²) in [6.07, 6.45) is -4.41. The van der Waals surface area contributed by atoms with Crippen molar-refractivity contribution < 1.29 is 32.2 Å². The second-order valence-electron chi connectivity index (χ2n) is 7.57. The minimum Gasteiger partial charge on any atom is -0.491 e. The first kappa shape index (κ1) is 18.6. The number of rotatable bonds is 2. The topological polar surface area (TPSA) is 48.0 Å². The third kappa shape index (κ3) is 2.52. The molecule has 0 aliphatic carbocycles. The molecule has 0 radical (unpaired) electrons. The molecule has 3 aliphatic rings. The van der Waals surface area contributed by atoms with Gasteiger partial charge >= 0.3 is 6.18 Å². The van der Waals surface area contributed by atoms with E-state index >= 15 is 0 Å². The Morgan fingerprint density at radius 3 is 2.52 bits per heavy atom. The summed E-state index contributed by atoms with van der Waals surface area (Å²) in [6.45, 7) is 0.260. The molecule has 0 bridgehead atoms. The number of ether oxygens (including phenoxy) is 3. The average molecular weight is 445 g/mol. The average Bonchev–Trinajstić information content (AvgIpc) is 3.50. The number of fused-ring (bicyclic) bond motifs is 5. The number of para-hydroxylation sites is 1. The third-order valence-corrected chi connectivity index (χ3v) is 7.01. The van der Waals surface area contributed by atoms with Crippen molar-refractivity contribution in [3.8, 4) is 17.2 Å². The van der Waals surface area contributed by atoms with E-state index in [4.69, 9.17) is 14.2 Å². The van der Waals surface area contributed by atoms with Gasteiger partial charge in [0.1, 0.15) is 22.6 Å². The Labute approximate surface area is 178 Å². The van der Waals surface area contributed by atoms with Gasteiger partial charge in [0.25, 0.3) is 0 Å². The summed E-state index contributed by atoms with van der Waals surface area (Å²) < 4.78 is 55.9. The van der Waals surface area contributed by atoms with Gasteiger partial charge in [0, 0.05) is 22.2 Å². The van der Waals surface area contributed by atoms with E-state index in [1.807, 2.05) is 24.3 Å². The summed E-state index contributed by atoms with van der Waals surface area (Å²) >= 11 is 0.650. The first-order valence-corrected chi connectivity index (χ1v) is 10.3. The number of alkyl halides is 3. The van der Waals surface area contributed by atoms with Crippen LogP contribution >= 0.6 is 11.3 Å². The lowest BCUT2D eigenvalue weighted by atomic mass is 9.77. The number of benzene rings is 2. The highest BCUT2D eigenvalue weighted by molar-refractivity contribution is 7.12. The fourth-order valence-corrected chi connectivity index (χ4v) is 5.36. The van der Waals surface area contributed by atoms with Crippen molar-refractivity contribution in [1.82, 2.24) is 0 Å². The van der Waals surface area contributed by atoms with Gasteiger partial charge in [0.15, 0.2) is 11.5 Å². The summed E-state index contributed by atoms with van der Waals surface area (Å²) in [5.41, 5.74) is 1.05. The van der Waals surface area contributed by atoms with Crippen molar-refractivity contribution >= 4 is 22.9 Å². The van der Waals surface area contributed by atoms with Crippen LogP contribution < -0.4 is 19.1 Å². The van der Waals surface area contributed by atoms with Crippen LogP contribution in [0, 0.1) is 0 Å². The number of amides is 1. The van der Waals surface area contributed by atoms with E-state index in [2.05, 4.69) is 0 Å². The molecule has 0 saturated heterocycles. The van der Waals surface area contributed by atoms with Crippen molar-refractivity contribution in [2.24, 2.45) is 0 Å². The Hall–Kier alpha value is -3.20. The Kier molecular flexibility index (Phi) is 3.69. The van der Waals surface area contributed by atoms with Gasteiger partial charge in [0.05, 0.1) is 6.54 Å². The summed E-state index contributed by atoms with van der Waals surface area (Å²) in [5, 5.41) is 0. The minimum atomic E-state index is -4.41. The molecule has 5 nitrogen and oxygen atoms in total. The van der Waals surface area contributed by atoms with Crippen LogP contribution in [-0.4, -0.2) is 19.3 Å². The molecule has 4 heterocycles. The van der Waals surface area contributed by atoms with Crippen LogP contribution in [0.15, 0.2) is 48.5 Å². The Morgan fingerprint density at radius 2 is 1.74 bits per heavy atom. The number of carbonyl (C=O) groups is 1. The molecular weight excluding hydrogens is 431 g/mol. The van der Waals surface area contributed by atoms with E-state index in [0.29, 0.717) is 44.7 Å². The van der Waals surface area contributed by atoms with E-state index in [1.54, 1.807) is 17.0 Å². The zero-order valence-corrected chi connectivity index (χ0v) is 16.7. The van der Waals surface area contributed by atoms with Crippen LogP contribution in [0.4, 0.5) is 18.9 Å². The van der Waals surface area contributed by atoms with Crippen LogP contribution in [-0.2, 0) is 22.9 Å². The maximum atomic E-state index is 13.8. The summed E-state index contributed by atoms with van der Waals surface area (Å²) in [7, 11) is 0. The quantitative estimate of drug-likeness (QED) is 0.573. The lowest BCUT2D eigenvalue weighted by Gasteiger charge is -2.23. The zero-order chi connectivity index (χ0) is 21.4. The van der Waals surface area contributed by atoms with Gasteiger partial charge in [-0.05, 0) is 29.8 Å². The summed E-state index contributed by atoms with van der Waals surface area (Å²) in [5.74, 6) is 1.42. The number of anilines is 1. The first-order chi connectivity index (χ1) is 14.9. The number of thiophene rings is 1. The number of halogens is 3. The summed E-state index contributed by atoms with van der Waals surface area (Å²) in [6, 6.07) is 13.3. The molecule has 1 spiro atoms. The van der Waals surface area contributed by atoms with Crippen molar-refractivity contribution in [1.29, 1.82) is 0 Å². The highest BCUT2D eigenvalue weighted by Crippen LogP contribution is 2.55. The molecule has 2 aromatic carbocycles. The molecule has 1 unspecified atom stereocenters. The maximum absolute atomic E-state index is 13.8. The monoisotopic (exact) mass is 445 g/mol. The molecule has 0 N–H and O–H groups in total. The van der Waals surface area contributed by atoms with Gasteiger partial charge in [-0.25, -0.2) is 0 Å². The van der Waals surface area contributed by atoms with E-state index < -0.39 is 16.5 Å². The SMILES string of the molecule is O=C1N(Cc2ccc(C(F)(F)F)s2)c2ccccc2C12COc1cc3c(cc12)OCO3. The van der Waals surface area contributed by atoms with Crippen molar-refractivity contribution in [3.63, 3.8) is 0 Å². The van der Waals surface area contributed by atoms with Crippen LogP contribution in [0.2, 0.25) is 0 Å². The van der Waals surface area contributed by atoms with Gasteiger partial charge in [-0.1, -0.05) is 18.2 Å². The molecule has 1 atom stereocenters. The van der Waals surface area contributed by atoms with Crippen LogP contribution in [0.5, 0.6) is 17.2 Å². The van der Waals surface area contributed by atoms with Crippen molar-refractivity contribution in [2.75, 3.05) is 18.3 Å². The molecule has 31 heavy (non-hydrogen) atoms. The van der Waals surface area contributed by atoms with E-state index in [1.165, 1.54) is 6.07 Å². The molecule has 3 aromatic rings. The number of hydrogen-bond donors (Lipinski definition) is 0. The molecule has 3 aliphatic heterocycles. The van der Waals surface area contributed by atoms with Gasteiger partial charge in [-0.15, -0.1) is 11.3 Å². The lowest BCUT2D eigenvalue weighted by Crippen LogP contribution is -2.42. The highest BCUT2D eigenvalue weighted by Gasteiger charge is 2.57. The van der Waals surface area contributed by atoms with Gasteiger partial charge in [-0.3, -0.25) is 4.79 Å². The molecule has 0 fully saturated rings. The fourth-order valence-electron chi connectivity index (χ4n) is 4.49. The minimum absolute atomic E-state index is 0.0538. The molecule has 1 amide bonds. The Morgan fingerprint density at radius 1 is 0.968 bits per heavy atom. The predicted molar refractivity (Wildman–Crippen MR) is 106 cm³/mol. The molecule has 0 saturated carbocycles. The van der Waals surface area contributed by atoms with Crippen LogP contribution in [0.1, 0.15) is 20.9 Å². The van der Waals surface area contributed by atoms with Gasteiger partial charge in [0.2, 0.25) is 12.7 Å². The second-order valence-corrected chi connectivity index (χ2v) is 8.74. The number of hydrogen-bond acceptors (Lipinski definition) is 5. The fraction of sp³-hybridized carbons (Fsp3) is 0.227. The third-order valence-electron chi connectivity index (χ3n) is 5.90.